The van der Waals surface area contributed by atoms with Gasteiger partial charge in [0.2, 0.25) is 0 Å². The summed E-state index contributed by atoms with van der Waals surface area (Å²) in [5, 5.41) is 0. The first kappa shape index (κ1) is 8.05. The Morgan fingerprint density at radius 3 is 2.69 bits per heavy atom. The van der Waals surface area contributed by atoms with Crippen LogP contribution in [0.2, 0.25) is 0 Å². The van der Waals surface area contributed by atoms with Gasteiger partial charge >= 0.3 is 0 Å². The second-order valence-corrected chi connectivity index (χ2v) is 2.99. The summed E-state index contributed by atoms with van der Waals surface area (Å²) in [6, 6.07) is 8.45. The molecule has 13 heavy (non-hydrogen) atoms. The van der Waals surface area contributed by atoms with E-state index in [2.05, 4.69) is 0 Å². The number of benzene rings is 1. The predicted octanol–water partition coefficient (Wildman–Crippen LogP) is 3.39. The summed E-state index contributed by atoms with van der Waals surface area (Å²) in [5.41, 5.74) is 1.67. The maximum absolute atomic E-state index is 13.0. The van der Waals surface area contributed by atoms with Crippen LogP contribution in [0, 0.1) is 12.7 Å². The molecular formula is C11H9FO. The average molecular weight is 176 g/mol. The van der Waals surface area contributed by atoms with Crippen LogP contribution in [-0.2, 0) is 0 Å². The zero-order chi connectivity index (χ0) is 9.26. The van der Waals surface area contributed by atoms with Gasteiger partial charge in [0, 0.05) is 5.56 Å². The van der Waals surface area contributed by atoms with Crippen LogP contribution < -0.4 is 0 Å². The van der Waals surface area contributed by atoms with E-state index >= 15 is 0 Å². The highest BCUT2D eigenvalue weighted by atomic mass is 19.1. The Morgan fingerprint density at radius 1 is 1.23 bits per heavy atom. The smallest absolute Gasteiger partial charge is 0.133 e. The van der Waals surface area contributed by atoms with E-state index in [1.807, 2.05) is 19.1 Å². The van der Waals surface area contributed by atoms with Gasteiger partial charge in [-0.1, -0.05) is 0 Å². The highest BCUT2D eigenvalue weighted by molar-refractivity contribution is 5.58. The maximum atomic E-state index is 13.0. The summed E-state index contributed by atoms with van der Waals surface area (Å²) >= 11 is 0. The largest absolute Gasteiger partial charge is 0.464 e. The molecule has 0 spiro atoms. The fourth-order valence-electron chi connectivity index (χ4n) is 1.32. The highest BCUT2D eigenvalue weighted by Crippen LogP contribution is 2.21. The van der Waals surface area contributed by atoms with Gasteiger partial charge in [0.05, 0.1) is 6.26 Å². The molecule has 2 aromatic rings. The van der Waals surface area contributed by atoms with Gasteiger partial charge in [-0.25, -0.2) is 4.39 Å². The quantitative estimate of drug-likeness (QED) is 0.649. The average Bonchev–Trinajstić information content (AvgIpc) is 2.53. The van der Waals surface area contributed by atoms with Crippen molar-refractivity contribution in [3.8, 4) is 11.3 Å². The summed E-state index contributed by atoms with van der Waals surface area (Å²) in [4.78, 5) is 0. The summed E-state index contributed by atoms with van der Waals surface area (Å²) in [5.74, 6) is 0.467. The molecule has 1 aromatic carbocycles. The Balaban J connectivity index is 2.53. The lowest BCUT2D eigenvalue weighted by molar-refractivity contribution is 0.580. The highest BCUT2D eigenvalue weighted by Gasteiger charge is 2.02. The number of rotatable bonds is 1. The van der Waals surface area contributed by atoms with E-state index in [1.54, 1.807) is 12.3 Å². The molecule has 0 aliphatic rings. The van der Waals surface area contributed by atoms with Gasteiger partial charge in [0.1, 0.15) is 11.6 Å². The van der Waals surface area contributed by atoms with E-state index in [4.69, 9.17) is 4.42 Å². The van der Waals surface area contributed by atoms with E-state index in [-0.39, 0.29) is 5.82 Å². The SMILES string of the molecule is Cc1cc(F)cc(-c2ccco2)c1. The molecule has 0 saturated carbocycles. The Morgan fingerprint density at radius 2 is 2.08 bits per heavy atom. The van der Waals surface area contributed by atoms with Crippen molar-refractivity contribution in [3.05, 3.63) is 48.0 Å². The van der Waals surface area contributed by atoms with E-state index in [9.17, 15) is 4.39 Å². The van der Waals surface area contributed by atoms with Gasteiger partial charge in [-0.05, 0) is 42.8 Å². The van der Waals surface area contributed by atoms with Crippen LogP contribution in [-0.4, -0.2) is 0 Å². The first-order chi connectivity index (χ1) is 6.25. The van der Waals surface area contributed by atoms with Crippen LogP contribution in [0.1, 0.15) is 5.56 Å². The van der Waals surface area contributed by atoms with Gasteiger partial charge in [0.25, 0.3) is 0 Å². The molecule has 1 nitrogen and oxygen atoms in total. The molecule has 1 heterocycles. The van der Waals surface area contributed by atoms with Crippen molar-refractivity contribution in [2.75, 3.05) is 0 Å². The number of aryl methyl sites for hydroxylation is 1. The van der Waals surface area contributed by atoms with Crippen LogP contribution in [0.15, 0.2) is 41.0 Å². The van der Waals surface area contributed by atoms with Crippen LogP contribution in [0.5, 0.6) is 0 Å². The summed E-state index contributed by atoms with van der Waals surface area (Å²) in [6.07, 6.45) is 1.58. The molecule has 0 aliphatic carbocycles. The molecule has 0 saturated heterocycles. The minimum Gasteiger partial charge on any atom is -0.464 e. The molecule has 2 heteroatoms. The Bertz CT molecular complexity index is 384. The topological polar surface area (TPSA) is 13.1 Å². The molecule has 66 valence electrons. The Kier molecular flexibility index (Phi) is 1.89. The molecule has 0 aliphatic heterocycles. The molecule has 0 radical (unpaired) electrons. The second kappa shape index (κ2) is 3.05. The Hall–Kier alpha value is -1.57. The minimum atomic E-state index is -0.230. The zero-order valence-electron chi connectivity index (χ0n) is 7.25. The van der Waals surface area contributed by atoms with Crippen LogP contribution in [0.25, 0.3) is 11.3 Å². The van der Waals surface area contributed by atoms with Gasteiger partial charge < -0.3 is 4.42 Å². The summed E-state index contributed by atoms with van der Waals surface area (Å²) in [7, 11) is 0. The number of hydrogen-bond acceptors (Lipinski definition) is 1. The van der Waals surface area contributed by atoms with Gasteiger partial charge in [0.15, 0.2) is 0 Å². The summed E-state index contributed by atoms with van der Waals surface area (Å²) in [6.45, 7) is 1.86. The molecule has 0 unspecified atom stereocenters. The van der Waals surface area contributed by atoms with E-state index in [0.29, 0.717) is 5.76 Å². The third kappa shape index (κ3) is 1.61. The molecule has 0 amide bonds. The van der Waals surface area contributed by atoms with E-state index < -0.39 is 0 Å². The van der Waals surface area contributed by atoms with Crippen molar-refractivity contribution in [3.63, 3.8) is 0 Å². The molecule has 2 rings (SSSR count). The lowest BCUT2D eigenvalue weighted by atomic mass is 10.1. The van der Waals surface area contributed by atoms with Crippen molar-refractivity contribution in [1.29, 1.82) is 0 Å². The molecule has 0 atom stereocenters. The van der Waals surface area contributed by atoms with E-state index in [1.165, 1.54) is 12.1 Å². The lowest BCUT2D eigenvalue weighted by Crippen LogP contribution is -1.80. The fourth-order valence-corrected chi connectivity index (χ4v) is 1.32. The van der Waals surface area contributed by atoms with Crippen LogP contribution in [0.3, 0.4) is 0 Å². The number of hydrogen-bond donors (Lipinski definition) is 0. The molecular weight excluding hydrogens is 167 g/mol. The minimum absolute atomic E-state index is 0.230. The second-order valence-electron chi connectivity index (χ2n) is 2.99. The normalized spacial score (nSPS) is 10.3. The predicted molar refractivity (Wildman–Crippen MR) is 48.8 cm³/mol. The first-order valence-electron chi connectivity index (χ1n) is 4.07. The standard InChI is InChI=1S/C11H9FO/c1-8-5-9(7-10(12)6-8)11-3-2-4-13-11/h2-7H,1H3. The van der Waals surface area contributed by atoms with Gasteiger partial charge in [-0.3, -0.25) is 0 Å². The van der Waals surface area contributed by atoms with Crippen molar-refractivity contribution in [2.45, 2.75) is 6.92 Å². The number of halogens is 1. The first-order valence-corrected chi connectivity index (χ1v) is 4.07. The Labute approximate surface area is 75.8 Å². The van der Waals surface area contributed by atoms with Crippen LogP contribution >= 0.6 is 0 Å². The molecule has 0 fully saturated rings. The van der Waals surface area contributed by atoms with Crippen molar-refractivity contribution in [1.82, 2.24) is 0 Å². The monoisotopic (exact) mass is 176 g/mol. The van der Waals surface area contributed by atoms with Gasteiger partial charge in [-0.2, -0.15) is 0 Å². The van der Waals surface area contributed by atoms with Crippen molar-refractivity contribution < 1.29 is 8.81 Å². The third-order valence-corrected chi connectivity index (χ3v) is 1.85. The van der Waals surface area contributed by atoms with Crippen LogP contribution in [0.4, 0.5) is 4.39 Å². The molecule has 0 N–H and O–H groups in total. The zero-order valence-corrected chi connectivity index (χ0v) is 7.25. The molecule has 0 bridgehead atoms. The summed E-state index contributed by atoms with van der Waals surface area (Å²) < 4.78 is 18.1. The lowest BCUT2D eigenvalue weighted by Gasteiger charge is -1.99. The maximum Gasteiger partial charge on any atom is 0.133 e. The fraction of sp³-hybridized carbons (Fsp3) is 0.0909. The number of furan rings is 1. The van der Waals surface area contributed by atoms with Crippen molar-refractivity contribution >= 4 is 0 Å². The van der Waals surface area contributed by atoms with E-state index in [0.717, 1.165) is 11.1 Å². The molecule has 1 aromatic heterocycles. The van der Waals surface area contributed by atoms with Gasteiger partial charge in [-0.15, -0.1) is 0 Å². The third-order valence-electron chi connectivity index (χ3n) is 1.85. The van der Waals surface area contributed by atoms with Crippen molar-refractivity contribution in [2.24, 2.45) is 0 Å².